The van der Waals surface area contributed by atoms with E-state index in [1.165, 1.54) is 30.5 Å². The first kappa shape index (κ1) is 18.4. The topological polar surface area (TPSA) is 39.7 Å². The molecule has 1 aliphatic heterocycles. The first-order valence-corrected chi connectivity index (χ1v) is 9.63. The van der Waals surface area contributed by atoms with Crippen LogP contribution in [-0.4, -0.2) is 24.4 Å². The van der Waals surface area contributed by atoms with Gasteiger partial charge in [-0.25, -0.2) is 0 Å². The fourth-order valence-electron chi connectivity index (χ4n) is 3.14. The summed E-state index contributed by atoms with van der Waals surface area (Å²) < 4.78 is 0. The van der Waals surface area contributed by atoms with E-state index >= 15 is 0 Å². The molecule has 26 heavy (non-hydrogen) atoms. The van der Waals surface area contributed by atoms with Gasteiger partial charge in [0.05, 0.1) is 12.3 Å². The largest absolute Gasteiger partial charge is 0.372 e. The molecule has 1 atom stereocenters. The Labute approximate surface area is 161 Å². The zero-order chi connectivity index (χ0) is 18.2. The second kappa shape index (κ2) is 9.34. The number of piperidine rings is 1. The van der Waals surface area contributed by atoms with E-state index in [2.05, 4.69) is 64.1 Å². The van der Waals surface area contributed by atoms with E-state index < -0.39 is 0 Å². The van der Waals surface area contributed by atoms with Crippen molar-refractivity contribution in [3.8, 4) is 0 Å². The van der Waals surface area contributed by atoms with Crippen molar-refractivity contribution in [3.05, 3.63) is 65.7 Å². The van der Waals surface area contributed by atoms with Crippen LogP contribution in [0.25, 0.3) is 0 Å². The lowest BCUT2D eigenvalue weighted by atomic mass is 10.1. The molecule has 3 rings (SSSR count). The van der Waals surface area contributed by atoms with Gasteiger partial charge in [-0.1, -0.05) is 42.5 Å². The van der Waals surface area contributed by atoms with Gasteiger partial charge in [-0.05, 0) is 61.7 Å². The van der Waals surface area contributed by atoms with Crippen molar-refractivity contribution in [2.24, 2.45) is 5.10 Å². The van der Waals surface area contributed by atoms with E-state index in [4.69, 9.17) is 12.2 Å². The lowest BCUT2D eigenvalue weighted by Gasteiger charge is -2.28. The van der Waals surface area contributed by atoms with E-state index in [9.17, 15) is 0 Å². The number of anilines is 1. The second-order valence-electron chi connectivity index (χ2n) is 6.62. The summed E-state index contributed by atoms with van der Waals surface area (Å²) in [6.07, 6.45) is 5.73. The van der Waals surface area contributed by atoms with Crippen LogP contribution in [-0.2, 0) is 0 Å². The zero-order valence-corrected chi connectivity index (χ0v) is 16.0. The van der Waals surface area contributed by atoms with E-state index in [0.29, 0.717) is 5.11 Å². The summed E-state index contributed by atoms with van der Waals surface area (Å²) in [5.41, 5.74) is 6.43. The number of nitrogens with zero attached hydrogens (tertiary/aromatic N) is 2. The van der Waals surface area contributed by atoms with E-state index in [0.717, 1.165) is 18.7 Å². The Kier molecular flexibility index (Phi) is 6.61. The maximum Gasteiger partial charge on any atom is 0.187 e. The van der Waals surface area contributed by atoms with Crippen LogP contribution in [0.3, 0.4) is 0 Å². The van der Waals surface area contributed by atoms with E-state index in [1.54, 1.807) is 6.21 Å². The highest BCUT2D eigenvalue weighted by atomic mass is 32.1. The monoisotopic (exact) mass is 366 g/mol. The van der Waals surface area contributed by atoms with Crippen LogP contribution in [0.5, 0.6) is 0 Å². The number of hydrogen-bond donors (Lipinski definition) is 2. The SMILES string of the molecule is C[C@@H](NC(=S)N/N=C/c1ccc(N2CCCCC2)cc1)c1ccccc1. The minimum atomic E-state index is 0.134. The summed E-state index contributed by atoms with van der Waals surface area (Å²) in [7, 11) is 0. The Balaban J connectivity index is 1.47. The average Bonchev–Trinajstić information content (AvgIpc) is 2.70. The molecule has 0 spiro atoms. The highest BCUT2D eigenvalue weighted by Crippen LogP contribution is 2.19. The fourth-order valence-corrected chi connectivity index (χ4v) is 3.37. The molecular formula is C21H26N4S. The maximum atomic E-state index is 5.31. The number of nitrogens with one attached hydrogen (secondary N) is 2. The lowest BCUT2D eigenvalue weighted by molar-refractivity contribution is 0.578. The van der Waals surface area contributed by atoms with Crippen LogP contribution < -0.4 is 15.6 Å². The minimum Gasteiger partial charge on any atom is -0.372 e. The second-order valence-corrected chi connectivity index (χ2v) is 7.02. The Morgan fingerprint density at radius 2 is 1.73 bits per heavy atom. The van der Waals surface area contributed by atoms with Crippen molar-refractivity contribution in [3.63, 3.8) is 0 Å². The number of rotatable bonds is 5. The molecule has 5 heteroatoms. The standard InChI is InChI=1S/C21H26N4S/c1-17(19-8-4-2-5-9-19)23-21(26)24-22-16-18-10-12-20(13-11-18)25-14-6-3-7-15-25/h2,4-5,8-13,16-17H,3,6-7,14-15H2,1H3,(H2,23,24,26)/b22-16+/t17-/m1/s1. The van der Waals surface area contributed by atoms with E-state index in [1.807, 2.05) is 18.2 Å². The quantitative estimate of drug-likeness (QED) is 0.472. The predicted molar refractivity (Wildman–Crippen MR) is 114 cm³/mol. The third-order valence-corrected chi connectivity index (χ3v) is 4.85. The number of hydrogen-bond acceptors (Lipinski definition) is 3. The Hall–Kier alpha value is -2.40. The lowest BCUT2D eigenvalue weighted by Crippen LogP contribution is -2.34. The van der Waals surface area contributed by atoms with Crippen LogP contribution in [0, 0.1) is 0 Å². The van der Waals surface area contributed by atoms with Crippen molar-refractivity contribution in [2.45, 2.75) is 32.2 Å². The Bertz CT molecular complexity index is 721. The summed E-state index contributed by atoms with van der Waals surface area (Å²) in [5.74, 6) is 0. The smallest absolute Gasteiger partial charge is 0.187 e. The van der Waals surface area contributed by atoms with Gasteiger partial charge in [0.25, 0.3) is 0 Å². The van der Waals surface area contributed by atoms with Gasteiger partial charge in [0, 0.05) is 18.8 Å². The predicted octanol–water partition coefficient (Wildman–Crippen LogP) is 4.24. The van der Waals surface area contributed by atoms with Crippen molar-refractivity contribution in [1.29, 1.82) is 0 Å². The number of benzene rings is 2. The molecule has 4 nitrogen and oxygen atoms in total. The first-order chi connectivity index (χ1) is 12.7. The van der Waals surface area contributed by atoms with Crippen LogP contribution >= 0.6 is 12.2 Å². The summed E-state index contributed by atoms with van der Waals surface area (Å²) >= 11 is 5.31. The molecule has 1 aliphatic rings. The molecule has 0 aliphatic carbocycles. The highest BCUT2D eigenvalue weighted by Gasteiger charge is 2.10. The van der Waals surface area contributed by atoms with Crippen LogP contribution in [0.1, 0.15) is 43.4 Å². The van der Waals surface area contributed by atoms with Crippen molar-refractivity contribution >= 4 is 29.2 Å². The summed E-state index contributed by atoms with van der Waals surface area (Å²) in [5, 5.41) is 7.99. The minimum absolute atomic E-state index is 0.134. The van der Waals surface area contributed by atoms with Gasteiger partial charge in [-0.3, -0.25) is 5.43 Å². The molecule has 2 aromatic rings. The molecule has 136 valence electrons. The first-order valence-electron chi connectivity index (χ1n) is 9.22. The Morgan fingerprint density at radius 3 is 2.42 bits per heavy atom. The third kappa shape index (κ3) is 5.30. The van der Waals surface area contributed by atoms with Gasteiger partial charge < -0.3 is 10.2 Å². The van der Waals surface area contributed by atoms with Crippen LogP contribution in [0.2, 0.25) is 0 Å². The molecule has 1 heterocycles. The van der Waals surface area contributed by atoms with Gasteiger partial charge in [0.2, 0.25) is 0 Å². The maximum absolute atomic E-state index is 5.31. The zero-order valence-electron chi connectivity index (χ0n) is 15.2. The van der Waals surface area contributed by atoms with Gasteiger partial charge >= 0.3 is 0 Å². The molecule has 0 amide bonds. The molecule has 0 unspecified atom stereocenters. The summed E-state index contributed by atoms with van der Waals surface area (Å²) in [4.78, 5) is 2.45. The molecule has 0 saturated carbocycles. The van der Waals surface area contributed by atoms with Gasteiger partial charge in [-0.2, -0.15) is 5.10 Å². The number of hydrazone groups is 1. The van der Waals surface area contributed by atoms with Gasteiger partial charge in [0.1, 0.15) is 0 Å². The van der Waals surface area contributed by atoms with Crippen LogP contribution in [0.4, 0.5) is 5.69 Å². The van der Waals surface area contributed by atoms with Crippen molar-refractivity contribution < 1.29 is 0 Å². The van der Waals surface area contributed by atoms with Crippen LogP contribution in [0.15, 0.2) is 59.7 Å². The third-order valence-electron chi connectivity index (χ3n) is 4.64. The molecule has 1 saturated heterocycles. The molecule has 1 fully saturated rings. The average molecular weight is 367 g/mol. The highest BCUT2D eigenvalue weighted by molar-refractivity contribution is 7.80. The fraction of sp³-hybridized carbons (Fsp3) is 0.333. The summed E-state index contributed by atoms with van der Waals surface area (Å²) in [6.45, 7) is 4.40. The molecule has 2 N–H and O–H groups in total. The Morgan fingerprint density at radius 1 is 1.04 bits per heavy atom. The molecular weight excluding hydrogens is 340 g/mol. The normalized spacial score (nSPS) is 15.7. The van der Waals surface area contributed by atoms with E-state index in [-0.39, 0.29) is 6.04 Å². The summed E-state index contributed by atoms with van der Waals surface area (Å²) in [6, 6.07) is 18.9. The molecule has 0 radical (unpaired) electrons. The molecule has 0 bridgehead atoms. The van der Waals surface area contributed by atoms with Crippen molar-refractivity contribution in [2.75, 3.05) is 18.0 Å². The van der Waals surface area contributed by atoms with Gasteiger partial charge in [-0.15, -0.1) is 0 Å². The van der Waals surface area contributed by atoms with Crippen molar-refractivity contribution in [1.82, 2.24) is 10.7 Å². The molecule has 2 aromatic carbocycles. The van der Waals surface area contributed by atoms with Gasteiger partial charge in [0.15, 0.2) is 5.11 Å². The molecule has 0 aromatic heterocycles. The number of thiocarbonyl (C=S) groups is 1.